The topological polar surface area (TPSA) is 177 Å². The van der Waals surface area contributed by atoms with Crippen molar-refractivity contribution in [2.24, 2.45) is 0 Å². The average molecular weight is 533 g/mol. The molecule has 0 spiro atoms. The Bertz CT molecular complexity index is 1080. The number of aromatic nitrogens is 1. The van der Waals surface area contributed by atoms with Crippen molar-refractivity contribution in [1.82, 2.24) is 4.98 Å². The number of carboxylic acid groups (broad SMARTS) is 2. The number of nitro benzene ring substituents is 2. The van der Waals surface area contributed by atoms with Crippen molar-refractivity contribution in [1.29, 1.82) is 0 Å². The van der Waals surface area contributed by atoms with Gasteiger partial charge in [0, 0.05) is 31.4 Å². The van der Waals surface area contributed by atoms with Gasteiger partial charge in [0.05, 0.1) is 15.4 Å². The molecule has 2 N–H and O–H groups in total. The minimum absolute atomic E-state index is 0.0229. The molecule has 2 aromatic rings. The highest BCUT2D eigenvalue weighted by Gasteiger charge is 2.30. The van der Waals surface area contributed by atoms with Crippen molar-refractivity contribution in [2.75, 3.05) is 18.0 Å². The zero-order valence-corrected chi connectivity index (χ0v) is 22.5. The van der Waals surface area contributed by atoms with Gasteiger partial charge in [0.1, 0.15) is 0 Å². The summed E-state index contributed by atoms with van der Waals surface area (Å²) in [6.45, 7) is 10.5. The Morgan fingerprint density at radius 2 is 1.32 bits per heavy atom. The second-order valence-corrected chi connectivity index (χ2v) is 8.74. The van der Waals surface area contributed by atoms with Gasteiger partial charge in [-0.15, -0.1) is 0 Å². The minimum Gasteiger partial charge on any atom is -0.478 e. The van der Waals surface area contributed by atoms with Crippen LogP contribution in [-0.4, -0.2) is 50.1 Å². The van der Waals surface area contributed by atoms with Crippen LogP contribution in [-0.2, 0) is 12.8 Å². The summed E-state index contributed by atoms with van der Waals surface area (Å²) in [6, 6.07) is 2.78. The normalized spacial score (nSPS) is 10.3. The molecule has 0 radical (unpaired) electrons. The zero-order chi connectivity index (χ0) is 29.0. The molecule has 1 heterocycles. The van der Waals surface area contributed by atoms with Gasteiger partial charge in [-0.25, -0.2) is 14.6 Å². The third-order valence-corrected chi connectivity index (χ3v) is 5.64. The number of nitro groups is 2. The minimum atomic E-state index is -1.10. The number of aromatic carboxylic acids is 2. The quantitative estimate of drug-likeness (QED) is 0.236. The van der Waals surface area contributed by atoms with E-state index in [-0.39, 0.29) is 28.3 Å². The van der Waals surface area contributed by atoms with E-state index < -0.39 is 21.8 Å². The first-order valence-corrected chi connectivity index (χ1v) is 12.6. The first-order chi connectivity index (χ1) is 17.9. The first-order valence-electron chi connectivity index (χ1n) is 12.6. The molecular weight excluding hydrogens is 496 g/mol. The van der Waals surface area contributed by atoms with Gasteiger partial charge in [-0.1, -0.05) is 40.5 Å². The summed E-state index contributed by atoms with van der Waals surface area (Å²) in [5, 5.41) is 40.7. The van der Waals surface area contributed by atoms with Gasteiger partial charge in [-0.2, -0.15) is 0 Å². The summed E-state index contributed by atoms with van der Waals surface area (Å²) in [7, 11) is 0. The number of benzene rings is 1. The first kappa shape index (κ1) is 31.9. The Kier molecular flexibility index (Phi) is 12.8. The number of hydrogen-bond acceptors (Lipinski definition) is 8. The zero-order valence-electron chi connectivity index (χ0n) is 22.5. The molecular formula is C26H36N4O8. The van der Waals surface area contributed by atoms with Crippen LogP contribution in [0.25, 0.3) is 0 Å². The third kappa shape index (κ3) is 8.22. The van der Waals surface area contributed by atoms with E-state index in [0.717, 1.165) is 31.9 Å². The third-order valence-electron chi connectivity index (χ3n) is 5.64. The van der Waals surface area contributed by atoms with E-state index in [9.17, 15) is 29.8 Å². The maximum atomic E-state index is 11.2. The van der Waals surface area contributed by atoms with Crippen LogP contribution in [0.1, 0.15) is 90.9 Å². The molecule has 0 saturated carbocycles. The summed E-state index contributed by atoms with van der Waals surface area (Å²) in [6.07, 6.45) is 5.28. The molecule has 0 aliphatic heterocycles. The highest BCUT2D eigenvalue weighted by molar-refractivity contribution is 5.93. The van der Waals surface area contributed by atoms with Gasteiger partial charge in [0.15, 0.2) is 11.4 Å². The van der Waals surface area contributed by atoms with Gasteiger partial charge in [-0.05, 0) is 49.3 Å². The molecule has 0 aliphatic carbocycles. The smallest absolute Gasteiger partial charge is 0.354 e. The van der Waals surface area contributed by atoms with E-state index in [1.165, 1.54) is 12.1 Å². The highest BCUT2D eigenvalue weighted by atomic mass is 16.6. The molecule has 0 amide bonds. The van der Waals surface area contributed by atoms with E-state index in [1.807, 2.05) is 27.7 Å². The molecule has 208 valence electrons. The Labute approximate surface area is 221 Å². The molecule has 1 aromatic heterocycles. The lowest BCUT2D eigenvalue weighted by Gasteiger charge is -2.23. The molecule has 1 aromatic carbocycles. The van der Waals surface area contributed by atoms with E-state index in [2.05, 4.69) is 4.98 Å². The van der Waals surface area contributed by atoms with E-state index in [1.54, 1.807) is 11.8 Å². The van der Waals surface area contributed by atoms with Crippen LogP contribution in [0.5, 0.6) is 0 Å². The molecule has 0 aliphatic rings. The van der Waals surface area contributed by atoms with Crippen LogP contribution in [0.15, 0.2) is 18.3 Å². The fraction of sp³-hybridized carbons (Fsp3) is 0.500. The number of pyridine rings is 1. The lowest BCUT2D eigenvalue weighted by Crippen LogP contribution is -2.26. The standard InChI is InChI=1S/C13H19N3O4.C13H17NO4/c1-4-6-14(7-5-2)13-11(15(17)18)8-10(3)9-12(13)16(19)20;1-3-5-8-9(6-4-2)11(13(17)18)14-7-10(8)12(15)16/h8-9H,4-7H2,1-3H3;7H,3-6H2,1-2H3,(H,15,16)(H,17,18). The van der Waals surface area contributed by atoms with Crippen LogP contribution in [0.4, 0.5) is 17.1 Å². The predicted molar refractivity (Wildman–Crippen MR) is 143 cm³/mol. The van der Waals surface area contributed by atoms with Crippen molar-refractivity contribution in [3.8, 4) is 0 Å². The molecule has 12 heteroatoms. The maximum Gasteiger partial charge on any atom is 0.354 e. The van der Waals surface area contributed by atoms with E-state index in [4.69, 9.17) is 10.2 Å². The fourth-order valence-corrected chi connectivity index (χ4v) is 4.23. The molecule has 0 atom stereocenters. The number of rotatable bonds is 13. The molecule has 0 fully saturated rings. The lowest BCUT2D eigenvalue weighted by molar-refractivity contribution is -0.392. The summed E-state index contributed by atoms with van der Waals surface area (Å²) in [4.78, 5) is 49.1. The molecule has 2 rings (SSSR count). The maximum absolute atomic E-state index is 11.2. The lowest BCUT2D eigenvalue weighted by atomic mass is 9.94. The number of anilines is 1. The van der Waals surface area contributed by atoms with Crippen LogP contribution >= 0.6 is 0 Å². The SMILES string of the molecule is CCCN(CCC)c1c([N+](=O)[O-])cc(C)cc1[N+](=O)[O-].CCCc1c(C(=O)O)cnc(C(=O)O)c1CCC. The number of hydrogen-bond donors (Lipinski definition) is 2. The van der Waals surface area contributed by atoms with E-state index in [0.29, 0.717) is 42.6 Å². The predicted octanol–water partition coefficient (Wildman–Crippen LogP) is 5.82. The number of carboxylic acids is 2. The highest BCUT2D eigenvalue weighted by Crippen LogP contribution is 2.38. The molecule has 0 unspecified atom stereocenters. The van der Waals surface area contributed by atoms with Gasteiger partial charge in [0.25, 0.3) is 11.4 Å². The Hall–Kier alpha value is -4.09. The Morgan fingerprint density at radius 1 is 0.842 bits per heavy atom. The van der Waals surface area contributed by atoms with Gasteiger partial charge < -0.3 is 15.1 Å². The Balaban J connectivity index is 0.000000382. The number of carbonyl (C=O) groups is 2. The van der Waals surface area contributed by atoms with Gasteiger partial charge >= 0.3 is 11.9 Å². The van der Waals surface area contributed by atoms with Crippen LogP contribution in [0.3, 0.4) is 0 Å². The summed E-state index contributed by atoms with van der Waals surface area (Å²) >= 11 is 0. The van der Waals surface area contributed by atoms with Crippen molar-refractivity contribution in [3.05, 3.63) is 66.5 Å². The molecule has 0 saturated heterocycles. The Morgan fingerprint density at radius 3 is 1.68 bits per heavy atom. The molecule has 0 bridgehead atoms. The fourth-order valence-electron chi connectivity index (χ4n) is 4.23. The van der Waals surface area contributed by atoms with Crippen LogP contribution in [0, 0.1) is 27.2 Å². The van der Waals surface area contributed by atoms with Crippen molar-refractivity contribution >= 4 is 29.0 Å². The largest absolute Gasteiger partial charge is 0.478 e. The molecule has 12 nitrogen and oxygen atoms in total. The summed E-state index contributed by atoms with van der Waals surface area (Å²) in [5.74, 6) is -2.16. The summed E-state index contributed by atoms with van der Waals surface area (Å²) < 4.78 is 0. The van der Waals surface area contributed by atoms with Crippen LogP contribution in [0.2, 0.25) is 0 Å². The van der Waals surface area contributed by atoms with Crippen LogP contribution < -0.4 is 4.90 Å². The number of aryl methyl sites for hydroxylation is 1. The second kappa shape index (κ2) is 15.2. The summed E-state index contributed by atoms with van der Waals surface area (Å²) in [5.41, 5.74) is 1.51. The molecule has 38 heavy (non-hydrogen) atoms. The van der Waals surface area contributed by atoms with Crippen molar-refractivity contribution in [3.63, 3.8) is 0 Å². The monoisotopic (exact) mass is 532 g/mol. The second-order valence-electron chi connectivity index (χ2n) is 8.74. The van der Waals surface area contributed by atoms with Gasteiger partial charge in [0.2, 0.25) is 0 Å². The van der Waals surface area contributed by atoms with Gasteiger partial charge in [-0.3, -0.25) is 20.2 Å². The number of nitrogens with zero attached hydrogens (tertiary/aromatic N) is 4. The average Bonchev–Trinajstić information content (AvgIpc) is 2.84. The van der Waals surface area contributed by atoms with Crippen molar-refractivity contribution in [2.45, 2.75) is 73.1 Å². The van der Waals surface area contributed by atoms with Crippen molar-refractivity contribution < 1.29 is 29.6 Å². The van der Waals surface area contributed by atoms with E-state index >= 15 is 0 Å².